The Morgan fingerprint density at radius 2 is 2.20 bits per heavy atom. The van der Waals surface area contributed by atoms with Crippen molar-refractivity contribution in [3.8, 4) is 0 Å². The Morgan fingerprint density at radius 1 is 1.35 bits per heavy atom. The van der Waals surface area contributed by atoms with Crippen LogP contribution in [0.1, 0.15) is 32.6 Å². The Balaban J connectivity index is 1.56. The lowest BCUT2D eigenvalue weighted by atomic mass is 9.90. The van der Waals surface area contributed by atoms with E-state index in [1.165, 1.54) is 0 Å². The van der Waals surface area contributed by atoms with Crippen LogP contribution in [-0.4, -0.2) is 49.1 Å². The number of nitrogens with zero attached hydrogens (tertiary/aromatic N) is 1. The molecule has 0 spiro atoms. The van der Waals surface area contributed by atoms with Crippen LogP contribution in [0, 0.1) is 17.8 Å². The van der Waals surface area contributed by atoms with Gasteiger partial charge in [0.2, 0.25) is 11.8 Å². The largest absolute Gasteiger partial charge is 0.381 e. The van der Waals surface area contributed by atoms with E-state index in [4.69, 9.17) is 4.74 Å². The monoisotopic (exact) mass is 280 g/mol. The lowest BCUT2D eigenvalue weighted by molar-refractivity contribution is -0.140. The van der Waals surface area contributed by atoms with Crippen LogP contribution in [0.5, 0.6) is 0 Å². The highest BCUT2D eigenvalue weighted by Crippen LogP contribution is 2.31. The first-order valence-electron chi connectivity index (χ1n) is 7.79. The molecule has 0 bridgehead atoms. The Morgan fingerprint density at radius 3 is 2.90 bits per heavy atom. The van der Waals surface area contributed by atoms with E-state index >= 15 is 0 Å². The summed E-state index contributed by atoms with van der Waals surface area (Å²) in [6.45, 7) is 5.41. The number of carbonyl (C=O) groups is 2. The SMILES string of the molecule is CC1CC(C(=O)N2CCC(C3CCOC3)C2)CC(=O)N1. The summed E-state index contributed by atoms with van der Waals surface area (Å²) in [6, 6.07) is 0.117. The van der Waals surface area contributed by atoms with E-state index in [0.717, 1.165) is 45.6 Å². The van der Waals surface area contributed by atoms with Crippen LogP contribution in [-0.2, 0) is 14.3 Å². The van der Waals surface area contributed by atoms with Crippen molar-refractivity contribution in [3.05, 3.63) is 0 Å². The zero-order valence-corrected chi connectivity index (χ0v) is 12.1. The van der Waals surface area contributed by atoms with Gasteiger partial charge >= 0.3 is 0 Å². The molecule has 2 amide bonds. The Labute approximate surface area is 120 Å². The maximum Gasteiger partial charge on any atom is 0.226 e. The van der Waals surface area contributed by atoms with E-state index in [9.17, 15) is 9.59 Å². The van der Waals surface area contributed by atoms with Crippen molar-refractivity contribution in [2.45, 2.75) is 38.6 Å². The molecule has 3 rings (SSSR count). The van der Waals surface area contributed by atoms with Crippen LogP contribution in [0.25, 0.3) is 0 Å². The van der Waals surface area contributed by atoms with Gasteiger partial charge in [-0.2, -0.15) is 0 Å². The average molecular weight is 280 g/mol. The van der Waals surface area contributed by atoms with Gasteiger partial charge in [0, 0.05) is 44.7 Å². The molecule has 0 aromatic heterocycles. The van der Waals surface area contributed by atoms with Crippen molar-refractivity contribution < 1.29 is 14.3 Å². The number of ether oxygens (including phenoxy) is 1. The molecule has 20 heavy (non-hydrogen) atoms. The van der Waals surface area contributed by atoms with Crippen molar-refractivity contribution in [2.75, 3.05) is 26.3 Å². The Kier molecular flexibility index (Phi) is 3.96. The molecule has 0 aromatic rings. The second-order valence-electron chi connectivity index (χ2n) is 6.56. The van der Waals surface area contributed by atoms with Gasteiger partial charge in [0.15, 0.2) is 0 Å². The number of hydrogen-bond acceptors (Lipinski definition) is 3. The standard InChI is InChI=1S/C15H24N2O3/c1-10-6-13(7-14(18)16-10)15(19)17-4-2-11(8-17)12-3-5-20-9-12/h10-13H,2-9H2,1H3,(H,16,18). The first-order valence-corrected chi connectivity index (χ1v) is 7.79. The Bertz CT molecular complexity index is 393. The van der Waals surface area contributed by atoms with Gasteiger partial charge in [-0.15, -0.1) is 0 Å². The fourth-order valence-corrected chi connectivity index (χ4v) is 3.87. The lowest BCUT2D eigenvalue weighted by Gasteiger charge is -2.30. The third-order valence-corrected chi connectivity index (χ3v) is 4.99. The molecule has 3 heterocycles. The van der Waals surface area contributed by atoms with Gasteiger partial charge in [0.25, 0.3) is 0 Å². The number of likely N-dealkylation sites (tertiary alicyclic amines) is 1. The molecule has 0 aromatic carbocycles. The predicted octanol–water partition coefficient (Wildman–Crippen LogP) is 0.786. The highest BCUT2D eigenvalue weighted by molar-refractivity contribution is 5.87. The maximum absolute atomic E-state index is 12.6. The van der Waals surface area contributed by atoms with Gasteiger partial charge < -0.3 is 15.0 Å². The third-order valence-electron chi connectivity index (χ3n) is 4.99. The second-order valence-corrected chi connectivity index (χ2v) is 6.56. The molecule has 3 aliphatic rings. The van der Waals surface area contributed by atoms with Crippen LogP contribution in [0.4, 0.5) is 0 Å². The molecule has 112 valence electrons. The van der Waals surface area contributed by atoms with Crippen molar-refractivity contribution >= 4 is 11.8 Å². The van der Waals surface area contributed by atoms with Crippen LogP contribution >= 0.6 is 0 Å². The predicted molar refractivity (Wildman–Crippen MR) is 73.9 cm³/mol. The minimum absolute atomic E-state index is 0.0158. The molecule has 5 nitrogen and oxygen atoms in total. The second kappa shape index (κ2) is 5.72. The molecule has 3 saturated heterocycles. The van der Waals surface area contributed by atoms with Gasteiger partial charge in [-0.3, -0.25) is 9.59 Å². The van der Waals surface area contributed by atoms with Crippen molar-refractivity contribution in [2.24, 2.45) is 17.8 Å². The highest BCUT2D eigenvalue weighted by Gasteiger charge is 2.37. The van der Waals surface area contributed by atoms with Crippen molar-refractivity contribution in [1.82, 2.24) is 10.2 Å². The summed E-state index contributed by atoms with van der Waals surface area (Å²) in [6.07, 6.45) is 3.36. The first-order chi connectivity index (χ1) is 9.63. The number of hydrogen-bond donors (Lipinski definition) is 1. The summed E-state index contributed by atoms with van der Waals surface area (Å²) >= 11 is 0. The average Bonchev–Trinajstić information content (AvgIpc) is 3.07. The lowest BCUT2D eigenvalue weighted by Crippen LogP contribution is -2.46. The molecule has 0 radical (unpaired) electrons. The van der Waals surface area contributed by atoms with Gasteiger partial charge in [-0.05, 0) is 38.0 Å². The molecular weight excluding hydrogens is 256 g/mol. The van der Waals surface area contributed by atoms with Crippen LogP contribution < -0.4 is 5.32 Å². The van der Waals surface area contributed by atoms with Gasteiger partial charge in [0.1, 0.15) is 0 Å². The zero-order chi connectivity index (χ0) is 14.1. The van der Waals surface area contributed by atoms with Crippen molar-refractivity contribution in [3.63, 3.8) is 0 Å². The highest BCUT2D eigenvalue weighted by atomic mass is 16.5. The third kappa shape index (κ3) is 2.82. The summed E-state index contributed by atoms with van der Waals surface area (Å²) < 4.78 is 5.45. The molecule has 5 heteroatoms. The van der Waals surface area contributed by atoms with E-state index in [2.05, 4.69) is 5.32 Å². The van der Waals surface area contributed by atoms with Crippen LogP contribution in [0.3, 0.4) is 0 Å². The summed E-state index contributed by atoms with van der Waals surface area (Å²) in [5.41, 5.74) is 0. The Hall–Kier alpha value is -1.10. The van der Waals surface area contributed by atoms with E-state index in [-0.39, 0.29) is 23.8 Å². The summed E-state index contributed by atoms with van der Waals surface area (Å²) in [7, 11) is 0. The van der Waals surface area contributed by atoms with E-state index < -0.39 is 0 Å². The molecule has 0 saturated carbocycles. The molecular formula is C15H24N2O3. The summed E-state index contributed by atoms with van der Waals surface area (Å²) in [5, 5.41) is 2.88. The van der Waals surface area contributed by atoms with Crippen molar-refractivity contribution in [1.29, 1.82) is 0 Å². The quantitative estimate of drug-likeness (QED) is 0.813. The number of piperidine rings is 1. The molecule has 4 unspecified atom stereocenters. The topological polar surface area (TPSA) is 58.6 Å². The van der Waals surface area contributed by atoms with E-state index in [0.29, 0.717) is 18.3 Å². The minimum Gasteiger partial charge on any atom is -0.381 e. The van der Waals surface area contributed by atoms with Crippen LogP contribution in [0.15, 0.2) is 0 Å². The smallest absolute Gasteiger partial charge is 0.226 e. The first kappa shape index (κ1) is 13.9. The molecule has 3 aliphatic heterocycles. The summed E-state index contributed by atoms with van der Waals surface area (Å²) in [4.78, 5) is 26.1. The fraction of sp³-hybridized carbons (Fsp3) is 0.867. The van der Waals surface area contributed by atoms with Crippen LogP contribution in [0.2, 0.25) is 0 Å². The number of carbonyl (C=O) groups excluding carboxylic acids is 2. The van der Waals surface area contributed by atoms with Gasteiger partial charge in [-0.25, -0.2) is 0 Å². The van der Waals surface area contributed by atoms with E-state index in [1.807, 2.05) is 11.8 Å². The summed E-state index contributed by atoms with van der Waals surface area (Å²) in [5.74, 6) is 1.31. The molecule has 1 N–H and O–H groups in total. The number of amides is 2. The molecule has 0 aliphatic carbocycles. The fourth-order valence-electron chi connectivity index (χ4n) is 3.87. The maximum atomic E-state index is 12.6. The van der Waals surface area contributed by atoms with Gasteiger partial charge in [-0.1, -0.05) is 0 Å². The zero-order valence-electron chi connectivity index (χ0n) is 12.1. The normalized spacial score (nSPS) is 38.0. The van der Waals surface area contributed by atoms with E-state index in [1.54, 1.807) is 0 Å². The molecule has 3 fully saturated rings. The molecule has 4 atom stereocenters. The minimum atomic E-state index is -0.114. The number of nitrogens with one attached hydrogen (secondary N) is 1. The van der Waals surface area contributed by atoms with Gasteiger partial charge in [0.05, 0.1) is 0 Å². The number of rotatable bonds is 2.